The van der Waals surface area contributed by atoms with Gasteiger partial charge < -0.3 is 4.74 Å². The fraction of sp³-hybridized carbons (Fsp3) is 0.500. The molecule has 0 saturated carbocycles. The highest BCUT2D eigenvalue weighted by molar-refractivity contribution is 5.31. The first-order valence-electron chi connectivity index (χ1n) is 6.66. The van der Waals surface area contributed by atoms with Crippen molar-refractivity contribution in [1.29, 1.82) is 0 Å². The van der Waals surface area contributed by atoms with E-state index in [1.165, 1.54) is 12.5 Å². The summed E-state index contributed by atoms with van der Waals surface area (Å²) in [6.07, 6.45) is 4.45. The summed E-state index contributed by atoms with van der Waals surface area (Å²) < 4.78 is 18.5. The zero-order valence-electron chi connectivity index (χ0n) is 12.1. The van der Waals surface area contributed by atoms with E-state index in [-0.39, 0.29) is 11.6 Å². The van der Waals surface area contributed by atoms with Gasteiger partial charge in [-0.1, -0.05) is 46.3 Å². The quantitative estimate of drug-likeness (QED) is 0.629. The summed E-state index contributed by atoms with van der Waals surface area (Å²) in [7, 11) is 0. The van der Waals surface area contributed by atoms with Gasteiger partial charge in [0, 0.05) is 0 Å². The number of unbranched alkanes of at least 4 members (excludes halogenated alkanes) is 1. The first-order chi connectivity index (χ1) is 8.54. The van der Waals surface area contributed by atoms with Crippen molar-refractivity contribution in [1.82, 2.24) is 0 Å². The van der Waals surface area contributed by atoms with Gasteiger partial charge in [-0.2, -0.15) is 0 Å². The molecule has 1 aromatic carbocycles. The summed E-state index contributed by atoms with van der Waals surface area (Å²) in [6, 6.07) is 5.00. The molecule has 0 spiro atoms. The van der Waals surface area contributed by atoms with Gasteiger partial charge in [0.1, 0.15) is 0 Å². The van der Waals surface area contributed by atoms with E-state index in [9.17, 15) is 4.39 Å². The molecule has 1 aromatic rings. The van der Waals surface area contributed by atoms with Crippen LogP contribution in [0.4, 0.5) is 4.39 Å². The summed E-state index contributed by atoms with van der Waals surface area (Å²) >= 11 is 0. The zero-order chi connectivity index (χ0) is 14.0. The van der Waals surface area contributed by atoms with Gasteiger partial charge in [-0.15, -0.1) is 0 Å². The highest BCUT2D eigenvalue weighted by Gasteiger charge is 2.04. The van der Waals surface area contributed by atoms with Gasteiger partial charge in [-0.25, -0.2) is 4.39 Å². The van der Waals surface area contributed by atoms with Gasteiger partial charge in [0.05, 0.1) is 5.76 Å². The molecule has 0 aliphatic carbocycles. The molecular formula is C16H25FO. The Morgan fingerprint density at radius 3 is 2.39 bits per heavy atom. The van der Waals surface area contributed by atoms with Crippen molar-refractivity contribution in [3.8, 4) is 5.75 Å². The molecular weight excluding hydrogens is 227 g/mol. The highest BCUT2D eigenvalue weighted by Crippen LogP contribution is 2.21. The average molecular weight is 252 g/mol. The van der Waals surface area contributed by atoms with E-state index in [4.69, 9.17) is 4.74 Å². The maximum atomic E-state index is 13.3. The first-order valence-corrected chi connectivity index (χ1v) is 6.66. The molecule has 0 radical (unpaired) electrons. The molecule has 18 heavy (non-hydrogen) atoms. The van der Waals surface area contributed by atoms with Gasteiger partial charge in [0.25, 0.3) is 0 Å². The number of allylic oxidation sites excluding steroid dienone is 1. The Balaban J connectivity index is 0.000000873. The lowest BCUT2D eigenvalue weighted by atomic mass is 10.1. The second kappa shape index (κ2) is 9.69. The zero-order valence-corrected chi connectivity index (χ0v) is 12.1. The summed E-state index contributed by atoms with van der Waals surface area (Å²) in [6.45, 7) is 11.7. The highest BCUT2D eigenvalue weighted by atomic mass is 19.1. The number of benzene rings is 1. The van der Waals surface area contributed by atoms with E-state index in [1.54, 1.807) is 19.1 Å². The van der Waals surface area contributed by atoms with Crippen LogP contribution in [0.2, 0.25) is 0 Å². The van der Waals surface area contributed by atoms with Crippen molar-refractivity contribution in [2.45, 2.75) is 53.4 Å². The molecule has 2 heteroatoms. The molecule has 0 fully saturated rings. The Bertz CT molecular complexity index is 358. The van der Waals surface area contributed by atoms with Crippen molar-refractivity contribution < 1.29 is 9.13 Å². The predicted octanol–water partition coefficient (Wildman–Crippen LogP) is 5.50. The SMILES string of the molecule is C=C(C)Oc1cc(CCCC)ccc1F.CCC. The van der Waals surface area contributed by atoms with Crippen LogP contribution in [0.25, 0.3) is 0 Å². The van der Waals surface area contributed by atoms with E-state index < -0.39 is 0 Å². The molecule has 1 rings (SSSR count). The number of halogens is 1. The largest absolute Gasteiger partial charge is 0.460 e. The summed E-state index contributed by atoms with van der Waals surface area (Å²) in [5.41, 5.74) is 1.11. The molecule has 0 amide bonds. The Morgan fingerprint density at radius 1 is 1.28 bits per heavy atom. The number of hydrogen-bond donors (Lipinski definition) is 0. The molecule has 0 saturated heterocycles. The molecule has 0 aromatic heterocycles. The lowest BCUT2D eigenvalue weighted by molar-refractivity contribution is 0.400. The van der Waals surface area contributed by atoms with Crippen LogP contribution in [0.3, 0.4) is 0 Å². The Labute approximate surface area is 111 Å². The third-order valence-electron chi connectivity index (χ3n) is 2.10. The first kappa shape index (κ1) is 16.7. The van der Waals surface area contributed by atoms with Crippen molar-refractivity contribution in [2.24, 2.45) is 0 Å². The fourth-order valence-electron chi connectivity index (χ4n) is 1.35. The Kier molecular flexibility index (Phi) is 8.99. The van der Waals surface area contributed by atoms with Crippen LogP contribution in [-0.2, 0) is 6.42 Å². The second-order valence-electron chi connectivity index (χ2n) is 4.38. The molecule has 102 valence electrons. The molecule has 0 unspecified atom stereocenters. The van der Waals surface area contributed by atoms with Crippen LogP contribution in [0.15, 0.2) is 30.5 Å². The van der Waals surface area contributed by atoms with Gasteiger partial charge in [-0.05, 0) is 37.5 Å². The Morgan fingerprint density at radius 2 is 1.89 bits per heavy atom. The molecule has 0 bridgehead atoms. The lowest BCUT2D eigenvalue weighted by Crippen LogP contribution is -1.94. The smallest absolute Gasteiger partial charge is 0.165 e. The van der Waals surface area contributed by atoms with E-state index >= 15 is 0 Å². The van der Waals surface area contributed by atoms with E-state index in [0.29, 0.717) is 5.76 Å². The van der Waals surface area contributed by atoms with Crippen LogP contribution < -0.4 is 4.74 Å². The minimum atomic E-state index is -0.335. The molecule has 1 nitrogen and oxygen atoms in total. The fourth-order valence-corrected chi connectivity index (χ4v) is 1.35. The third-order valence-corrected chi connectivity index (χ3v) is 2.10. The van der Waals surface area contributed by atoms with Crippen molar-refractivity contribution >= 4 is 0 Å². The Hall–Kier alpha value is -1.31. The normalized spacial score (nSPS) is 9.39. The second-order valence-corrected chi connectivity index (χ2v) is 4.38. The van der Waals surface area contributed by atoms with E-state index in [0.717, 1.165) is 24.8 Å². The molecule has 0 N–H and O–H groups in total. The molecule has 0 heterocycles. The number of rotatable bonds is 5. The minimum Gasteiger partial charge on any atom is -0.460 e. The van der Waals surface area contributed by atoms with Gasteiger partial charge in [0.2, 0.25) is 0 Å². The lowest BCUT2D eigenvalue weighted by Gasteiger charge is -2.08. The average Bonchev–Trinajstić information content (AvgIpc) is 2.30. The van der Waals surface area contributed by atoms with E-state index in [2.05, 4.69) is 27.4 Å². The molecule has 0 aliphatic heterocycles. The molecule has 0 aliphatic rings. The van der Waals surface area contributed by atoms with E-state index in [1.807, 2.05) is 0 Å². The van der Waals surface area contributed by atoms with Crippen LogP contribution in [-0.4, -0.2) is 0 Å². The van der Waals surface area contributed by atoms with Gasteiger partial charge in [-0.3, -0.25) is 0 Å². The topological polar surface area (TPSA) is 9.23 Å². The third kappa shape index (κ3) is 7.10. The van der Waals surface area contributed by atoms with Crippen LogP contribution in [0, 0.1) is 5.82 Å². The summed E-state index contributed by atoms with van der Waals surface area (Å²) in [5, 5.41) is 0. The molecule has 0 atom stereocenters. The number of hydrogen-bond acceptors (Lipinski definition) is 1. The summed E-state index contributed by atoms with van der Waals surface area (Å²) in [5.74, 6) is 0.441. The van der Waals surface area contributed by atoms with Gasteiger partial charge in [0.15, 0.2) is 11.6 Å². The summed E-state index contributed by atoms with van der Waals surface area (Å²) in [4.78, 5) is 0. The predicted molar refractivity (Wildman–Crippen MR) is 76.4 cm³/mol. The maximum absolute atomic E-state index is 13.3. The van der Waals surface area contributed by atoms with Crippen molar-refractivity contribution in [3.63, 3.8) is 0 Å². The van der Waals surface area contributed by atoms with Crippen LogP contribution in [0.1, 0.15) is 52.5 Å². The number of ether oxygens (including phenoxy) is 1. The minimum absolute atomic E-state index is 0.274. The monoisotopic (exact) mass is 252 g/mol. The van der Waals surface area contributed by atoms with Gasteiger partial charge >= 0.3 is 0 Å². The van der Waals surface area contributed by atoms with Crippen molar-refractivity contribution in [2.75, 3.05) is 0 Å². The standard InChI is InChI=1S/C13H17FO.C3H8/c1-4-5-6-11-7-8-12(14)13(9-11)15-10(2)3;1-3-2/h7-9H,2,4-6H2,1,3H3;3H2,1-2H3. The maximum Gasteiger partial charge on any atom is 0.165 e. The van der Waals surface area contributed by atoms with Crippen LogP contribution in [0.5, 0.6) is 5.75 Å². The van der Waals surface area contributed by atoms with Crippen LogP contribution >= 0.6 is 0 Å². The van der Waals surface area contributed by atoms with Crippen molar-refractivity contribution in [3.05, 3.63) is 41.9 Å². The number of aryl methyl sites for hydroxylation is 1.